The third-order valence-corrected chi connectivity index (χ3v) is 3.82. The minimum atomic E-state index is -0.525. The predicted molar refractivity (Wildman–Crippen MR) is 95.1 cm³/mol. The van der Waals surface area contributed by atoms with Crippen LogP contribution >= 0.6 is 11.6 Å². The first kappa shape index (κ1) is 18.0. The molecular formula is C17H20ClFN4O. The summed E-state index contributed by atoms with van der Waals surface area (Å²) in [6.45, 7) is 6.23. The van der Waals surface area contributed by atoms with Crippen molar-refractivity contribution in [2.75, 3.05) is 23.3 Å². The monoisotopic (exact) mass is 350 g/mol. The van der Waals surface area contributed by atoms with Gasteiger partial charge in [-0.25, -0.2) is 14.2 Å². The summed E-state index contributed by atoms with van der Waals surface area (Å²) in [5.41, 5.74) is 1.37. The van der Waals surface area contributed by atoms with E-state index in [1.165, 1.54) is 18.2 Å². The van der Waals surface area contributed by atoms with Gasteiger partial charge in [0.25, 0.3) is 0 Å². The molecule has 0 aliphatic heterocycles. The minimum absolute atomic E-state index is 0.0363. The van der Waals surface area contributed by atoms with Gasteiger partial charge in [-0.2, -0.15) is 0 Å². The van der Waals surface area contributed by atoms with Crippen molar-refractivity contribution in [2.24, 2.45) is 0 Å². The van der Waals surface area contributed by atoms with Crippen LogP contribution in [0.2, 0.25) is 5.02 Å². The molecule has 1 aromatic heterocycles. The first-order valence-corrected chi connectivity index (χ1v) is 8.11. The highest BCUT2D eigenvalue weighted by Gasteiger charge is 2.07. The third-order valence-electron chi connectivity index (χ3n) is 3.53. The molecule has 1 heterocycles. The van der Waals surface area contributed by atoms with Crippen molar-refractivity contribution >= 4 is 29.1 Å². The molecule has 0 radical (unpaired) electrons. The van der Waals surface area contributed by atoms with Crippen LogP contribution in [0.3, 0.4) is 0 Å². The molecule has 2 N–H and O–H groups in total. The van der Waals surface area contributed by atoms with Gasteiger partial charge in [-0.3, -0.25) is 0 Å². The first-order chi connectivity index (χ1) is 11.5. The molecule has 0 aliphatic rings. The van der Waals surface area contributed by atoms with E-state index in [4.69, 9.17) is 11.6 Å². The normalized spacial score (nSPS) is 10.3. The second-order valence-electron chi connectivity index (χ2n) is 5.13. The maximum absolute atomic E-state index is 13.1. The molecule has 0 saturated carbocycles. The molecule has 0 spiro atoms. The van der Waals surface area contributed by atoms with Crippen molar-refractivity contribution in [3.05, 3.63) is 52.9 Å². The van der Waals surface area contributed by atoms with Crippen molar-refractivity contribution in [2.45, 2.75) is 20.4 Å². The van der Waals surface area contributed by atoms with Crippen LogP contribution in [0.15, 0.2) is 36.5 Å². The van der Waals surface area contributed by atoms with E-state index in [1.807, 2.05) is 12.1 Å². The lowest BCUT2D eigenvalue weighted by molar-refractivity contribution is 0.251. The maximum atomic E-state index is 13.1. The molecule has 24 heavy (non-hydrogen) atoms. The molecule has 2 aromatic rings. The van der Waals surface area contributed by atoms with E-state index >= 15 is 0 Å². The van der Waals surface area contributed by atoms with Gasteiger partial charge in [-0.1, -0.05) is 11.6 Å². The first-order valence-electron chi connectivity index (χ1n) is 7.73. The lowest BCUT2D eigenvalue weighted by Crippen LogP contribution is -2.28. The number of benzene rings is 1. The fourth-order valence-corrected chi connectivity index (χ4v) is 2.40. The Bertz CT molecular complexity index is 707. The fraction of sp³-hybridized carbons (Fsp3) is 0.294. The average Bonchev–Trinajstić information content (AvgIpc) is 2.58. The summed E-state index contributed by atoms with van der Waals surface area (Å²) in [4.78, 5) is 18.4. The number of nitrogens with zero attached hydrogens (tertiary/aromatic N) is 2. The van der Waals surface area contributed by atoms with Crippen LogP contribution in [-0.2, 0) is 6.54 Å². The molecule has 1 aromatic carbocycles. The number of urea groups is 1. The van der Waals surface area contributed by atoms with E-state index in [1.54, 1.807) is 6.20 Å². The van der Waals surface area contributed by atoms with Gasteiger partial charge in [-0.05, 0) is 49.7 Å². The minimum Gasteiger partial charge on any atom is -0.357 e. The lowest BCUT2D eigenvalue weighted by Gasteiger charge is -2.20. The molecule has 0 saturated heterocycles. The van der Waals surface area contributed by atoms with Crippen molar-refractivity contribution < 1.29 is 9.18 Å². The molecule has 0 aliphatic carbocycles. The van der Waals surface area contributed by atoms with Gasteiger partial charge < -0.3 is 15.5 Å². The highest BCUT2D eigenvalue weighted by atomic mass is 35.5. The maximum Gasteiger partial charge on any atom is 0.319 e. The van der Waals surface area contributed by atoms with E-state index in [9.17, 15) is 9.18 Å². The number of amides is 2. The van der Waals surface area contributed by atoms with Crippen LogP contribution < -0.4 is 15.5 Å². The lowest BCUT2D eigenvalue weighted by atomic mass is 10.2. The van der Waals surface area contributed by atoms with Gasteiger partial charge in [0.2, 0.25) is 0 Å². The van der Waals surface area contributed by atoms with E-state index in [-0.39, 0.29) is 11.1 Å². The number of nitrogens with one attached hydrogen (secondary N) is 2. The van der Waals surface area contributed by atoms with Crippen LogP contribution in [0.4, 0.5) is 20.7 Å². The van der Waals surface area contributed by atoms with E-state index in [2.05, 4.69) is 34.4 Å². The molecule has 0 fully saturated rings. The number of carbonyl (C=O) groups is 1. The number of pyridine rings is 1. The van der Waals surface area contributed by atoms with Crippen molar-refractivity contribution in [1.82, 2.24) is 10.3 Å². The van der Waals surface area contributed by atoms with Gasteiger partial charge in [-0.15, -0.1) is 0 Å². The third kappa shape index (κ3) is 4.83. The number of halogens is 2. The Kier molecular flexibility index (Phi) is 6.37. The number of carbonyl (C=O) groups excluding carboxylic acids is 1. The number of aromatic nitrogens is 1. The highest BCUT2D eigenvalue weighted by molar-refractivity contribution is 6.31. The number of rotatable bonds is 6. The molecule has 128 valence electrons. The zero-order chi connectivity index (χ0) is 17.5. The molecule has 2 rings (SSSR count). The SMILES string of the molecule is CCN(CC)c1cc(CNC(=O)Nc2ccc(F)c(Cl)c2)ccn1. The smallest absolute Gasteiger partial charge is 0.319 e. The summed E-state index contributed by atoms with van der Waals surface area (Å²) >= 11 is 5.69. The highest BCUT2D eigenvalue weighted by Crippen LogP contribution is 2.19. The Labute approximate surface area is 145 Å². The predicted octanol–water partition coefficient (Wildman–Crippen LogP) is 4.04. The zero-order valence-corrected chi connectivity index (χ0v) is 14.4. The van der Waals surface area contributed by atoms with Crippen LogP contribution in [0, 0.1) is 5.82 Å². The number of hydrogen-bond acceptors (Lipinski definition) is 3. The Morgan fingerprint density at radius 3 is 2.67 bits per heavy atom. The zero-order valence-electron chi connectivity index (χ0n) is 13.6. The Morgan fingerprint density at radius 1 is 1.25 bits per heavy atom. The van der Waals surface area contributed by atoms with Crippen molar-refractivity contribution in [1.29, 1.82) is 0 Å². The summed E-state index contributed by atoms with van der Waals surface area (Å²) in [5, 5.41) is 5.33. The standard InChI is InChI=1S/C17H20ClFN4O/c1-3-23(4-2)16-9-12(7-8-20-16)11-21-17(24)22-13-5-6-15(19)14(18)10-13/h5-10H,3-4,11H2,1-2H3,(H2,21,22,24). The molecule has 7 heteroatoms. The quantitative estimate of drug-likeness (QED) is 0.826. The van der Waals surface area contributed by atoms with E-state index in [0.717, 1.165) is 24.5 Å². The summed E-state index contributed by atoms with van der Waals surface area (Å²) in [6.07, 6.45) is 1.72. The van der Waals surface area contributed by atoms with Crippen LogP contribution in [-0.4, -0.2) is 24.1 Å². The summed E-state index contributed by atoms with van der Waals surface area (Å²) < 4.78 is 13.1. The average molecular weight is 351 g/mol. The molecule has 0 unspecified atom stereocenters. The number of hydrogen-bond donors (Lipinski definition) is 2. The second kappa shape index (κ2) is 8.49. The molecule has 5 nitrogen and oxygen atoms in total. The Hall–Kier alpha value is -2.34. The topological polar surface area (TPSA) is 57.3 Å². The fourth-order valence-electron chi connectivity index (χ4n) is 2.22. The van der Waals surface area contributed by atoms with Gasteiger partial charge in [0, 0.05) is 31.5 Å². The van der Waals surface area contributed by atoms with Crippen molar-refractivity contribution in [3.63, 3.8) is 0 Å². The largest absolute Gasteiger partial charge is 0.357 e. The molecular weight excluding hydrogens is 331 g/mol. The second-order valence-corrected chi connectivity index (χ2v) is 5.54. The Morgan fingerprint density at radius 2 is 2.00 bits per heavy atom. The summed E-state index contributed by atoms with van der Waals surface area (Å²) in [5.74, 6) is 0.355. The van der Waals surface area contributed by atoms with Crippen LogP contribution in [0.5, 0.6) is 0 Å². The van der Waals surface area contributed by atoms with E-state index in [0.29, 0.717) is 12.2 Å². The van der Waals surface area contributed by atoms with Gasteiger partial charge in [0.05, 0.1) is 5.02 Å². The number of anilines is 2. The summed E-state index contributed by atoms with van der Waals surface area (Å²) in [7, 11) is 0. The van der Waals surface area contributed by atoms with Crippen LogP contribution in [0.25, 0.3) is 0 Å². The van der Waals surface area contributed by atoms with Gasteiger partial charge in [0.15, 0.2) is 0 Å². The van der Waals surface area contributed by atoms with E-state index < -0.39 is 5.82 Å². The molecule has 0 bridgehead atoms. The molecule has 2 amide bonds. The van der Waals surface area contributed by atoms with Gasteiger partial charge >= 0.3 is 6.03 Å². The van der Waals surface area contributed by atoms with Gasteiger partial charge in [0.1, 0.15) is 11.6 Å². The summed E-state index contributed by atoms with van der Waals surface area (Å²) in [6, 6.07) is 7.42. The Balaban J connectivity index is 1.94. The van der Waals surface area contributed by atoms with Crippen molar-refractivity contribution in [3.8, 4) is 0 Å². The molecule has 0 atom stereocenters. The van der Waals surface area contributed by atoms with Crippen LogP contribution in [0.1, 0.15) is 19.4 Å².